The Balaban J connectivity index is 1.53. The number of nitrogens with zero attached hydrogens (tertiary/aromatic N) is 2. The maximum absolute atomic E-state index is 14.7. The molecule has 280 valence electrons. The molecule has 3 heterocycles. The molecule has 5 rings (SSSR count). The molecule has 3 N–H and O–H groups in total. The topological polar surface area (TPSA) is 191 Å². The molecule has 52 heavy (non-hydrogen) atoms. The van der Waals surface area contributed by atoms with Crippen LogP contribution in [0.5, 0.6) is 5.75 Å². The van der Waals surface area contributed by atoms with Crippen LogP contribution in [0.15, 0.2) is 54.1 Å². The van der Waals surface area contributed by atoms with Crippen LogP contribution in [0, 0.1) is 21.8 Å². The van der Waals surface area contributed by atoms with Crippen LogP contribution in [0.2, 0.25) is 5.02 Å². The van der Waals surface area contributed by atoms with Crippen molar-refractivity contribution < 1.29 is 52.5 Å². The summed E-state index contributed by atoms with van der Waals surface area (Å²) in [6, 6.07) is 6.13. The summed E-state index contributed by atoms with van der Waals surface area (Å²) in [5.74, 6) is -1.92. The van der Waals surface area contributed by atoms with Gasteiger partial charge in [0.2, 0.25) is 5.91 Å². The minimum atomic E-state index is -1.88. The smallest absolute Gasteiger partial charge is 0.412 e. The molecule has 0 spiro atoms. The van der Waals surface area contributed by atoms with Crippen LogP contribution in [0.3, 0.4) is 0 Å². The van der Waals surface area contributed by atoms with E-state index >= 15 is 0 Å². The number of non-ortho nitro benzene ring substituents is 1. The number of rotatable bonds is 5. The molecule has 3 amide bonds. The predicted molar refractivity (Wildman–Crippen MR) is 186 cm³/mol. The normalized spacial score (nSPS) is 30.8. The van der Waals surface area contributed by atoms with Gasteiger partial charge in [-0.1, -0.05) is 42.3 Å². The molecule has 2 fully saturated rings. The van der Waals surface area contributed by atoms with E-state index in [0.29, 0.717) is 23.9 Å². The van der Waals surface area contributed by atoms with Gasteiger partial charge in [0.25, 0.3) is 5.69 Å². The molecule has 7 atom stereocenters. The number of nitro groups is 1. The monoisotopic (exact) mass is 746 g/mol. The minimum Gasteiger partial charge on any atom is -0.495 e. The van der Waals surface area contributed by atoms with Crippen LogP contribution in [0.25, 0.3) is 0 Å². The number of hydrogen-bond donors (Lipinski definition) is 3. The quantitative estimate of drug-likeness (QED) is 0.201. The minimum absolute atomic E-state index is 0.112. The molecule has 0 unspecified atom stereocenters. The van der Waals surface area contributed by atoms with E-state index in [0.717, 1.165) is 23.3 Å². The Morgan fingerprint density at radius 1 is 1.25 bits per heavy atom. The first-order valence-corrected chi connectivity index (χ1v) is 16.7. The number of carbonyl (C=O) groups is 3. The standard InChI is InChI=1S/C35H40ClFN4O11/c1-18-8-7-9-27(49-6)35(45)17-26(50-33(44)39-35)19(2)31-34(3,52-31)28(51-32(43)38-23-11-10-21(41(46)47)15-22(23)37)16-29(42)40(4)24-13-20(12-18)14-25(48-5)30(24)36/h7-11,13-15,19,26-28,31,45H,12,16-17H2,1-6H3,(H,38,43)(H,39,44)/b9-7+,18-8+/t19-,26+,27-,28+,31+,34+,35+/m1/s1. The molecule has 0 aromatic heterocycles. The molecule has 2 aromatic rings. The molecule has 0 saturated carbocycles. The van der Waals surface area contributed by atoms with Crippen LogP contribution < -0.4 is 20.3 Å². The Hall–Kier alpha value is -4.77. The van der Waals surface area contributed by atoms with Gasteiger partial charge in [-0.05, 0) is 44.0 Å². The largest absolute Gasteiger partial charge is 0.495 e. The van der Waals surface area contributed by atoms with Crippen molar-refractivity contribution in [3.8, 4) is 5.75 Å². The van der Waals surface area contributed by atoms with Crippen molar-refractivity contribution in [3.63, 3.8) is 0 Å². The van der Waals surface area contributed by atoms with Crippen LogP contribution in [0.4, 0.5) is 31.0 Å². The lowest BCUT2D eigenvalue weighted by Gasteiger charge is -2.42. The zero-order chi connectivity index (χ0) is 38.1. The Labute approximate surface area is 303 Å². The number of epoxide rings is 1. The number of halogens is 2. The van der Waals surface area contributed by atoms with E-state index in [4.69, 9.17) is 35.3 Å². The predicted octanol–water partition coefficient (Wildman–Crippen LogP) is 5.42. The van der Waals surface area contributed by atoms with E-state index in [1.165, 1.54) is 26.2 Å². The molecule has 2 saturated heterocycles. The van der Waals surface area contributed by atoms with Crippen molar-refractivity contribution in [2.24, 2.45) is 5.92 Å². The van der Waals surface area contributed by atoms with Gasteiger partial charge in [-0.15, -0.1) is 0 Å². The Kier molecular flexibility index (Phi) is 11.1. The van der Waals surface area contributed by atoms with Gasteiger partial charge in [0, 0.05) is 32.6 Å². The molecule has 3 aliphatic heterocycles. The fourth-order valence-corrected chi connectivity index (χ4v) is 6.91. The number of hydrogen-bond acceptors (Lipinski definition) is 11. The first kappa shape index (κ1) is 38.5. The number of methoxy groups -OCH3 is 2. The average molecular weight is 747 g/mol. The van der Waals surface area contributed by atoms with E-state index in [-0.39, 0.29) is 11.4 Å². The van der Waals surface area contributed by atoms with Gasteiger partial charge in [0.1, 0.15) is 34.7 Å². The number of nitro benzene ring substituents is 1. The highest BCUT2D eigenvalue weighted by atomic mass is 35.5. The third-order valence-corrected chi connectivity index (χ3v) is 9.98. The van der Waals surface area contributed by atoms with Gasteiger partial charge in [-0.2, -0.15) is 0 Å². The summed E-state index contributed by atoms with van der Waals surface area (Å²) in [6.07, 6.45) is -1.04. The second-order valence-electron chi connectivity index (χ2n) is 13.2. The summed E-state index contributed by atoms with van der Waals surface area (Å²) >= 11 is 6.69. The Morgan fingerprint density at radius 3 is 2.63 bits per heavy atom. The van der Waals surface area contributed by atoms with Crippen molar-refractivity contribution in [3.05, 3.63) is 80.7 Å². The fourth-order valence-electron chi connectivity index (χ4n) is 6.59. The van der Waals surface area contributed by atoms with Gasteiger partial charge < -0.3 is 33.7 Å². The van der Waals surface area contributed by atoms with Crippen molar-refractivity contribution in [1.29, 1.82) is 0 Å². The van der Waals surface area contributed by atoms with Crippen molar-refractivity contribution in [2.45, 2.75) is 75.8 Å². The number of ether oxygens (including phenoxy) is 5. The highest BCUT2D eigenvalue weighted by molar-refractivity contribution is 6.35. The van der Waals surface area contributed by atoms with Crippen molar-refractivity contribution in [2.75, 3.05) is 31.5 Å². The number of benzene rings is 2. The van der Waals surface area contributed by atoms with Crippen LogP contribution in [-0.4, -0.2) is 85.1 Å². The Bertz CT molecular complexity index is 1820. The van der Waals surface area contributed by atoms with Crippen LogP contribution in [-0.2, 0) is 30.2 Å². The molecule has 3 aliphatic rings. The van der Waals surface area contributed by atoms with Crippen molar-refractivity contribution in [1.82, 2.24) is 5.32 Å². The highest BCUT2D eigenvalue weighted by Crippen LogP contribution is 2.49. The molecular weight excluding hydrogens is 707 g/mol. The van der Waals surface area contributed by atoms with Crippen LogP contribution >= 0.6 is 11.6 Å². The number of amides is 3. The lowest BCUT2D eigenvalue weighted by molar-refractivity contribution is -0.385. The number of allylic oxidation sites excluding steroid dienone is 3. The molecule has 4 bridgehead atoms. The zero-order valence-corrected chi connectivity index (χ0v) is 30.1. The summed E-state index contributed by atoms with van der Waals surface area (Å²) in [7, 11) is 4.34. The fraction of sp³-hybridized carbons (Fsp3) is 0.457. The van der Waals surface area contributed by atoms with E-state index in [2.05, 4.69) is 10.6 Å². The molecule has 0 aliphatic carbocycles. The number of fused-ring (bicyclic) bond motifs is 5. The maximum atomic E-state index is 14.7. The van der Waals surface area contributed by atoms with Gasteiger partial charge in [-0.25, -0.2) is 14.0 Å². The third-order valence-electron chi connectivity index (χ3n) is 9.60. The lowest BCUT2D eigenvalue weighted by atomic mass is 9.83. The second-order valence-corrected chi connectivity index (χ2v) is 13.6. The summed E-state index contributed by atoms with van der Waals surface area (Å²) in [6.45, 7) is 5.21. The van der Waals surface area contributed by atoms with E-state index in [1.807, 2.05) is 13.0 Å². The average Bonchev–Trinajstić information content (AvgIpc) is 3.78. The molecule has 2 aromatic carbocycles. The number of aliphatic hydroxyl groups is 1. The Morgan fingerprint density at radius 2 is 1.98 bits per heavy atom. The molecule has 0 radical (unpaired) electrons. The maximum Gasteiger partial charge on any atom is 0.412 e. The lowest BCUT2D eigenvalue weighted by Crippen LogP contribution is -2.63. The van der Waals surface area contributed by atoms with E-state index < -0.39 is 88.3 Å². The molecule has 15 nitrogen and oxygen atoms in total. The van der Waals surface area contributed by atoms with Gasteiger partial charge in [0.05, 0.1) is 42.0 Å². The van der Waals surface area contributed by atoms with Crippen LogP contribution in [0.1, 0.15) is 39.2 Å². The zero-order valence-electron chi connectivity index (χ0n) is 29.3. The molecule has 17 heteroatoms. The highest BCUT2D eigenvalue weighted by Gasteiger charge is 2.64. The summed E-state index contributed by atoms with van der Waals surface area (Å²) < 4.78 is 43.2. The first-order valence-electron chi connectivity index (χ1n) is 16.3. The second kappa shape index (κ2) is 15.1. The summed E-state index contributed by atoms with van der Waals surface area (Å²) in [4.78, 5) is 51.6. The SMILES string of the molecule is COc1cc2cc(c1Cl)N(C)C(=O)C[C@H](OC(=O)Nc1ccc([N+](=O)[O-])cc1F)[C@]1(C)O[C@H]1[C@H](C)[C@@H]1C[C@@](O)(NC(=O)O1)[C@H](OC)/C=C/C=C(\C)C2. The van der Waals surface area contributed by atoms with E-state index in [1.54, 1.807) is 38.1 Å². The summed E-state index contributed by atoms with van der Waals surface area (Å²) in [5, 5.41) is 27.6. The van der Waals surface area contributed by atoms with Crippen molar-refractivity contribution >= 4 is 46.8 Å². The van der Waals surface area contributed by atoms with Gasteiger partial charge >= 0.3 is 12.2 Å². The van der Waals surface area contributed by atoms with E-state index in [9.17, 15) is 34.0 Å². The number of nitrogens with one attached hydrogen (secondary N) is 2. The number of anilines is 2. The first-order chi connectivity index (χ1) is 24.5. The number of carbonyl (C=O) groups excluding carboxylic acids is 3. The molecular formula is C35H40ClFN4O11. The van der Waals surface area contributed by atoms with Gasteiger partial charge in [0.15, 0.2) is 11.5 Å². The summed E-state index contributed by atoms with van der Waals surface area (Å²) in [5.41, 5.74) is -2.19. The van der Waals surface area contributed by atoms with Gasteiger partial charge in [-0.3, -0.25) is 25.5 Å². The number of alkyl carbamates (subject to hydrolysis) is 1. The third kappa shape index (κ3) is 7.99.